The van der Waals surface area contributed by atoms with Gasteiger partial charge in [0.05, 0.1) is 28.6 Å². The van der Waals surface area contributed by atoms with Gasteiger partial charge in [-0.1, -0.05) is 23.7 Å². The number of nitrogens with zero attached hydrogens (tertiary/aromatic N) is 1. The van der Waals surface area contributed by atoms with Crippen LogP contribution in [0.15, 0.2) is 45.6 Å². The number of hydrogen-bond acceptors (Lipinski definition) is 5. The molecule has 0 saturated heterocycles. The third-order valence-corrected chi connectivity index (χ3v) is 4.28. The van der Waals surface area contributed by atoms with E-state index in [0.29, 0.717) is 47.5 Å². The molecule has 1 aromatic heterocycles. The summed E-state index contributed by atoms with van der Waals surface area (Å²) >= 11 is 5.92. The summed E-state index contributed by atoms with van der Waals surface area (Å²) in [6, 6.07) is 11.9. The predicted molar refractivity (Wildman–Crippen MR) is 99.7 cm³/mol. The van der Waals surface area contributed by atoms with Crippen LogP contribution >= 0.6 is 11.6 Å². The fraction of sp³-hybridized carbons (Fsp3) is 0.200. The van der Waals surface area contributed by atoms with Gasteiger partial charge in [0.1, 0.15) is 22.8 Å². The molecule has 0 atom stereocenters. The number of phenols is 1. The van der Waals surface area contributed by atoms with E-state index in [1.165, 1.54) is 12.1 Å². The number of rotatable bonds is 5. The van der Waals surface area contributed by atoms with Gasteiger partial charge in [0.25, 0.3) is 0 Å². The van der Waals surface area contributed by atoms with Crippen LogP contribution in [0, 0.1) is 18.3 Å². The van der Waals surface area contributed by atoms with Crippen LogP contribution in [-0.2, 0) is 0 Å². The molecule has 0 spiro atoms. The van der Waals surface area contributed by atoms with E-state index in [1.54, 1.807) is 31.2 Å². The van der Waals surface area contributed by atoms with Gasteiger partial charge in [-0.25, -0.2) is 0 Å². The fourth-order valence-corrected chi connectivity index (χ4v) is 2.87. The molecule has 1 N–H and O–H groups in total. The number of unbranched alkanes of at least 4 members (excludes halogenated alkanes) is 1. The normalized spacial score (nSPS) is 10.7. The van der Waals surface area contributed by atoms with Gasteiger partial charge in [0, 0.05) is 12.5 Å². The van der Waals surface area contributed by atoms with Crippen LogP contribution in [0.2, 0.25) is 5.02 Å². The topological polar surface area (TPSA) is 83.5 Å². The van der Waals surface area contributed by atoms with Crippen LogP contribution < -0.4 is 10.2 Å². The number of ether oxygens (including phenoxy) is 1. The molecule has 3 rings (SSSR count). The second kappa shape index (κ2) is 7.51. The number of halogens is 1. The lowest BCUT2D eigenvalue weighted by Gasteiger charge is -2.09. The molecule has 0 amide bonds. The molecule has 26 heavy (non-hydrogen) atoms. The van der Waals surface area contributed by atoms with Crippen molar-refractivity contribution >= 4 is 22.6 Å². The van der Waals surface area contributed by atoms with Gasteiger partial charge in [-0.05, 0) is 37.1 Å². The lowest BCUT2D eigenvalue weighted by atomic mass is 10.0. The Kier molecular flexibility index (Phi) is 5.15. The minimum absolute atomic E-state index is 0.0979. The van der Waals surface area contributed by atoms with Crippen molar-refractivity contribution in [3.05, 3.63) is 57.4 Å². The van der Waals surface area contributed by atoms with Crippen molar-refractivity contribution in [2.45, 2.75) is 19.8 Å². The second-order valence-electron chi connectivity index (χ2n) is 5.80. The zero-order valence-electron chi connectivity index (χ0n) is 14.1. The van der Waals surface area contributed by atoms with Gasteiger partial charge in [-0.15, -0.1) is 0 Å². The maximum Gasteiger partial charge on any atom is 0.200 e. The van der Waals surface area contributed by atoms with E-state index in [9.17, 15) is 9.90 Å². The van der Waals surface area contributed by atoms with Gasteiger partial charge in [0.15, 0.2) is 0 Å². The standard InChI is InChI=1S/C20H16ClNO4/c1-12-19(13-4-6-14(7-5-13)25-9-3-2-8-22)20(24)15-10-16(21)17(23)11-18(15)26-12/h4-7,10-11,23H,2-3,9H2,1H3. The molecule has 6 heteroatoms. The highest BCUT2D eigenvalue weighted by Gasteiger charge is 2.15. The van der Waals surface area contributed by atoms with Gasteiger partial charge in [-0.2, -0.15) is 5.26 Å². The molecular weight excluding hydrogens is 354 g/mol. The quantitative estimate of drug-likeness (QED) is 0.652. The minimum Gasteiger partial charge on any atom is -0.506 e. The summed E-state index contributed by atoms with van der Waals surface area (Å²) in [5.41, 5.74) is 1.21. The Morgan fingerprint density at radius 2 is 2.00 bits per heavy atom. The Morgan fingerprint density at radius 1 is 1.27 bits per heavy atom. The van der Waals surface area contributed by atoms with Crippen molar-refractivity contribution in [3.63, 3.8) is 0 Å². The van der Waals surface area contributed by atoms with E-state index in [-0.39, 0.29) is 21.8 Å². The van der Waals surface area contributed by atoms with E-state index in [0.717, 1.165) is 0 Å². The van der Waals surface area contributed by atoms with Crippen molar-refractivity contribution in [1.82, 2.24) is 0 Å². The first-order chi connectivity index (χ1) is 12.5. The van der Waals surface area contributed by atoms with E-state index in [1.807, 2.05) is 0 Å². The lowest BCUT2D eigenvalue weighted by Crippen LogP contribution is -2.07. The first-order valence-electron chi connectivity index (χ1n) is 8.07. The summed E-state index contributed by atoms with van der Waals surface area (Å²) in [6.07, 6.45) is 1.12. The first-order valence-corrected chi connectivity index (χ1v) is 8.45. The molecule has 1 heterocycles. The maximum atomic E-state index is 12.9. The SMILES string of the molecule is Cc1oc2cc(O)c(Cl)cc2c(=O)c1-c1ccc(OCCCC#N)cc1. The summed E-state index contributed by atoms with van der Waals surface area (Å²) in [4.78, 5) is 12.9. The van der Waals surface area contributed by atoms with Crippen molar-refractivity contribution in [3.8, 4) is 28.7 Å². The molecule has 0 aliphatic heterocycles. The van der Waals surface area contributed by atoms with Crippen molar-refractivity contribution in [2.24, 2.45) is 0 Å². The maximum absolute atomic E-state index is 12.9. The van der Waals surface area contributed by atoms with Crippen LogP contribution in [0.1, 0.15) is 18.6 Å². The Morgan fingerprint density at radius 3 is 2.69 bits per heavy atom. The van der Waals surface area contributed by atoms with E-state index in [2.05, 4.69) is 6.07 Å². The van der Waals surface area contributed by atoms with Crippen LogP contribution in [-0.4, -0.2) is 11.7 Å². The molecule has 132 valence electrons. The zero-order valence-corrected chi connectivity index (χ0v) is 14.8. The number of aryl methyl sites for hydroxylation is 1. The molecule has 0 saturated carbocycles. The van der Waals surface area contributed by atoms with Crippen molar-refractivity contribution < 1.29 is 14.3 Å². The molecule has 0 aliphatic rings. The fourth-order valence-electron chi connectivity index (χ4n) is 2.71. The number of benzene rings is 2. The molecule has 0 unspecified atom stereocenters. The first kappa shape index (κ1) is 17.8. The molecular formula is C20H16ClNO4. The van der Waals surface area contributed by atoms with E-state index < -0.39 is 0 Å². The molecule has 0 fully saturated rings. The molecule has 0 aliphatic carbocycles. The smallest absolute Gasteiger partial charge is 0.200 e. The third-order valence-electron chi connectivity index (χ3n) is 3.98. The highest BCUT2D eigenvalue weighted by Crippen LogP contribution is 2.31. The van der Waals surface area contributed by atoms with Crippen molar-refractivity contribution in [2.75, 3.05) is 6.61 Å². The average Bonchev–Trinajstić information content (AvgIpc) is 2.62. The zero-order chi connectivity index (χ0) is 18.7. The largest absolute Gasteiger partial charge is 0.506 e. The monoisotopic (exact) mass is 369 g/mol. The Balaban J connectivity index is 1.96. The van der Waals surface area contributed by atoms with Crippen LogP contribution in [0.3, 0.4) is 0 Å². The number of aromatic hydroxyl groups is 1. The highest BCUT2D eigenvalue weighted by atomic mass is 35.5. The molecule has 2 aromatic carbocycles. The molecule has 0 bridgehead atoms. The van der Waals surface area contributed by atoms with Crippen LogP contribution in [0.4, 0.5) is 0 Å². The summed E-state index contributed by atoms with van der Waals surface area (Å²) in [5, 5.41) is 18.6. The minimum atomic E-state index is -0.215. The predicted octanol–water partition coefficient (Wildman–Crippen LogP) is 4.81. The third kappa shape index (κ3) is 3.51. The Labute approximate surface area is 155 Å². The van der Waals surface area contributed by atoms with Gasteiger partial charge in [-0.3, -0.25) is 4.79 Å². The number of hydrogen-bond donors (Lipinski definition) is 1. The number of phenolic OH excluding ortho intramolecular Hbond substituents is 1. The van der Waals surface area contributed by atoms with Crippen LogP contribution in [0.25, 0.3) is 22.1 Å². The van der Waals surface area contributed by atoms with E-state index in [4.69, 9.17) is 26.0 Å². The van der Waals surface area contributed by atoms with Crippen LogP contribution in [0.5, 0.6) is 11.5 Å². The summed E-state index contributed by atoms with van der Waals surface area (Å²) in [7, 11) is 0. The summed E-state index contributed by atoms with van der Waals surface area (Å²) < 4.78 is 11.3. The summed E-state index contributed by atoms with van der Waals surface area (Å²) in [5.74, 6) is 0.988. The number of nitriles is 1. The average molecular weight is 370 g/mol. The number of fused-ring (bicyclic) bond motifs is 1. The van der Waals surface area contributed by atoms with Gasteiger partial charge in [0.2, 0.25) is 5.43 Å². The van der Waals surface area contributed by atoms with Gasteiger partial charge >= 0.3 is 0 Å². The van der Waals surface area contributed by atoms with Gasteiger partial charge < -0.3 is 14.3 Å². The lowest BCUT2D eigenvalue weighted by molar-refractivity contribution is 0.313. The Bertz CT molecular complexity index is 1050. The second-order valence-corrected chi connectivity index (χ2v) is 6.20. The highest BCUT2D eigenvalue weighted by molar-refractivity contribution is 6.32. The van der Waals surface area contributed by atoms with Crippen molar-refractivity contribution in [1.29, 1.82) is 5.26 Å². The summed E-state index contributed by atoms with van der Waals surface area (Å²) in [6.45, 7) is 2.17. The molecule has 3 aromatic rings. The van der Waals surface area contributed by atoms with E-state index >= 15 is 0 Å². The molecule has 0 radical (unpaired) electrons. The molecule has 5 nitrogen and oxygen atoms in total. The Hall–Kier alpha value is -2.97.